The lowest BCUT2D eigenvalue weighted by Gasteiger charge is -2.18. The molecule has 0 saturated carbocycles. The Kier molecular flexibility index (Phi) is 7.36. The molecule has 30 heavy (non-hydrogen) atoms. The first kappa shape index (κ1) is 23.5. The smallest absolute Gasteiger partial charge is 0.342 e. The van der Waals surface area contributed by atoms with Crippen molar-refractivity contribution in [1.82, 2.24) is 5.32 Å². The lowest BCUT2D eigenvalue weighted by molar-refractivity contribution is -0.129. The Bertz CT molecular complexity index is 945. The molecular weight excluding hydrogens is 407 g/mol. The van der Waals surface area contributed by atoms with Crippen LogP contribution in [0.1, 0.15) is 54.1 Å². The molecule has 1 unspecified atom stereocenters. The number of rotatable bonds is 6. The quantitative estimate of drug-likeness (QED) is 0.662. The molecule has 0 aliphatic rings. The number of esters is 1. The number of anilines is 1. The molecule has 0 aliphatic heterocycles. The molecule has 6 nitrogen and oxygen atoms in total. The highest BCUT2D eigenvalue weighted by atomic mass is 32.1. The number of nitrogens with one attached hydrogen (secondary N) is 2. The Hall–Kier alpha value is -2.74. The fourth-order valence-corrected chi connectivity index (χ4v) is 3.50. The molecule has 2 rings (SSSR count). The van der Waals surface area contributed by atoms with E-state index in [9.17, 15) is 18.8 Å². The summed E-state index contributed by atoms with van der Waals surface area (Å²) in [6.07, 6.45) is -1.04. The van der Waals surface area contributed by atoms with Crippen molar-refractivity contribution < 1.29 is 23.5 Å². The van der Waals surface area contributed by atoms with Crippen LogP contribution in [0.15, 0.2) is 24.3 Å². The number of hydrogen-bond acceptors (Lipinski definition) is 5. The monoisotopic (exact) mass is 434 g/mol. The number of halogens is 1. The van der Waals surface area contributed by atoms with Crippen LogP contribution < -0.4 is 10.6 Å². The summed E-state index contributed by atoms with van der Waals surface area (Å²) in [5, 5.41) is 5.86. The minimum atomic E-state index is -1.04. The zero-order chi connectivity index (χ0) is 22.6. The predicted molar refractivity (Wildman–Crippen MR) is 115 cm³/mol. The Balaban J connectivity index is 2.06. The summed E-state index contributed by atoms with van der Waals surface area (Å²) < 4.78 is 18.3. The number of thiophene rings is 1. The fourth-order valence-electron chi connectivity index (χ4n) is 2.46. The fraction of sp³-hybridized carbons (Fsp3) is 0.409. The number of ether oxygens (including phenoxy) is 1. The average molecular weight is 435 g/mol. The first-order valence-corrected chi connectivity index (χ1v) is 10.4. The van der Waals surface area contributed by atoms with Gasteiger partial charge in [0.15, 0.2) is 6.10 Å². The van der Waals surface area contributed by atoms with Crippen LogP contribution in [0.2, 0.25) is 0 Å². The van der Waals surface area contributed by atoms with Crippen LogP contribution in [0.3, 0.4) is 0 Å². The third-order valence-electron chi connectivity index (χ3n) is 4.53. The molecule has 1 aromatic heterocycles. The van der Waals surface area contributed by atoms with Gasteiger partial charge in [-0.05, 0) is 44.0 Å². The van der Waals surface area contributed by atoms with Gasteiger partial charge in [-0.3, -0.25) is 9.59 Å². The van der Waals surface area contributed by atoms with Gasteiger partial charge in [0.2, 0.25) is 5.91 Å². The second-order valence-corrected chi connectivity index (χ2v) is 9.31. The molecule has 0 bridgehead atoms. The van der Waals surface area contributed by atoms with Gasteiger partial charge in [-0.25, -0.2) is 9.18 Å². The summed E-state index contributed by atoms with van der Waals surface area (Å²) in [6, 6.07) is 5.74. The van der Waals surface area contributed by atoms with E-state index in [-0.39, 0.29) is 23.8 Å². The molecule has 1 aromatic carbocycles. The van der Waals surface area contributed by atoms with Crippen molar-refractivity contribution in [3.8, 4) is 0 Å². The van der Waals surface area contributed by atoms with Crippen molar-refractivity contribution in [3.63, 3.8) is 0 Å². The number of carbonyl (C=O) groups is 3. The van der Waals surface area contributed by atoms with Gasteiger partial charge in [0.25, 0.3) is 5.91 Å². The van der Waals surface area contributed by atoms with Gasteiger partial charge in [-0.1, -0.05) is 32.9 Å². The molecule has 2 aromatic rings. The normalized spacial score (nSPS) is 12.2. The molecule has 0 saturated heterocycles. The maximum absolute atomic E-state index is 13.0. The summed E-state index contributed by atoms with van der Waals surface area (Å²) in [6.45, 7) is 10.6. The van der Waals surface area contributed by atoms with E-state index in [2.05, 4.69) is 10.6 Å². The van der Waals surface area contributed by atoms with Crippen molar-refractivity contribution in [2.75, 3.05) is 5.32 Å². The van der Waals surface area contributed by atoms with E-state index in [0.717, 1.165) is 10.4 Å². The van der Waals surface area contributed by atoms with Gasteiger partial charge in [0.05, 0.1) is 5.56 Å². The molecule has 2 N–H and O–H groups in total. The highest BCUT2D eigenvalue weighted by Gasteiger charge is 2.28. The molecule has 1 heterocycles. The van der Waals surface area contributed by atoms with Gasteiger partial charge >= 0.3 is 5.97 Å². The van der Waals surface area contributed by atoms with E-state index in [1.165, 1.54) is 30.4 Å². The van der Waals surface area contributed by atoms with Crippen molar-refractivity contribution >= 4 is 34.1 Å². The molecule has 8 heteroatoms. The van der Waals surface area contributed by atoms with Crippen LogP contribution in [-0.4, -0.2) is 23.9 Å². The highest BCUT2D eigenvalue weighted by Crippen LogP contribution is 2.34. The summed E-state index contributed by atoms with van der Waals surface area (Å²) in [7, 11) is 0. The maximum Gasteiger partial charge on any atom is 0.342 e. The third-order valence-corrected chi connectivity index (χ3v) is 5.65. The van der Waals surface area contributed by atoms with Crippen LogP contribution >= 0.6 is 11.3 Å². The Morgan fingerprint density at radius 3 is 2.30 bits per heavy atom. The van der Waals surface area contributed by atoms with Crippen LogP contribution in [0.5, 0.6) is 0 Å². The topological polar surface area (TPSA) is 84.5 Å². The zero-order valence-electron chi connectivity index (χ0n) is 18.0. The second-order valence-electron chi connectivity index (χ2n) is 8.08. The molecule has 2 amide bonds. The summed E-state index contributed by atoms with van der Waals surface area (Å²) in [4.78, 5) is 38.3. The van der Waals surface area contributed by atoms with E-state index in [0.29, 0.717) is 10.6 Å². The molecule has 0 aliphatic carbocycles. The van der Waals surface area contributed by atoms with Crippen molar-refractivity contribution in [3.05, 3.63) is 51.7 Å². The van der Waals surface area contributed by atoms with E-state index in [1.807, 2.05) is 6.92 Å². The van der Waals surface area contributed by atoms with E-state index in [4.69, 9.17) is 4.74 Å². The second kappa shape index (κ2) is 9.38. The number of benzene rings is 1. The van der Waals surface area contributed by atoms with Gasteiger partial charge in [0.1, 0.15) is 10.8 Å². The Labute approximate surface area is 179 Å². The predicted octanol–water partition coefficient (Wildman–Crippen LogP) is 4.35. The molecule has 0 fully saturated rings. The van der Waals surface area contributed by atoms with Crippen molar-refractivity contribution in [2.45, 2.75) is 54.2 Å². The number of aryl methyl sites for hydroxylation is 1. The minimum absolute atomic E-state index is 0.185. The van der Waals surface area contributed by atoms with Crippen LogP contribution in [0, 0.1) is 25.1 Å². The third kappa shape index (κ3) is 5.89. The largest absolute Gasteiger partial charge is 0.449 e. The zero-order valence-corrected chi connectivity index (χ0v) is 18.8. The molecule has 1 atom stereocenters. The van der Waals surface area contributed by atoms with Crippen molar-refractivity contribution in [1.29, 1.82) is 0 Å². The lowest BCUT2D eigenvalue weighted by Crippen LogP contribution is -2.35. The lowest BCUT2D eigenvalue weighted by atomic mass is 9.96. The summed E-state index contributed by atoms with van der Waals surface area (Å²) >= 11 is 1.29. The molecule has 0 radical (unpaired) electrons. The van der Waals surface area contributed by atoms with E-state index >= 15 is 0 Å². The number of carbonyl (C=O) groups excluding carboxylic acids is 3. The van der Waals surface area contributed by atoms with Gasteiger partial charge in [-0.15, -0.1) is 11.3 Å². The van der Waals surface area contributed by atoms with Crippen LogP contribution in [-0.2, 0) is 20.9 Å². The first-order chi connectivity index (χ1) is 13.9. The first-order valence-electron chi connectivity index (χ1n) is 9.54. The van der Waals surface area contributed by atoms with Crippen molar-refractivity contribution in [2.24, 2.45) is 5.41 Å². The Morgan fingerprint density at radius 2 is 1.73 bits per heavy atom. The number of amides is 2. The SMILES string of the molecule is Cc1sc(NC(=O)C(C)(C)C)c(C(=O)OC(C)C(=O)NCc2ccc(F)cc2)c1C. The number of hydrogen-bond donors (Lipinski definition) is 2. The molecular formula is C22H27FN2O4S. The standard InChI is InChI=1S/C22H27FN2O4S/c1-12-14(3)30-19(25-21(28)22(4,5)6)17(12)20(27)29-13(2)18(26)24-11-15-7-9-16(23)10-8-15/h7-10,13H,11H2,1-6H3,(H,24,26)(H,25,28). The minimum Gasteiger partial charge on any atom is -0.449 e. The van der Waals surface area contributed by atoms with E-state index in [1.54, 1.807) is 39.8 Å². The molecule has 0 spiro atoms. The van der Waals surface area contributed by atoms with Gasteiger partial charge in [-0.2, -0.15) is 0 Å². The van der Waals surface area contributed by atoms with Gasteiger partial charge < -0.3 is 15.4 Å². The summed E-state index contributed by atoms with van der Waals surface area (Å²) in [5.74, 6) is -1.73. The maximum atomic E-state index is 13.0. The Morgan fingerprint density at radius 1 is 1.13 bits per heavy atom. The summed E-state index contributed by atoms with van der Waals surface area (Å²) in [5.41, 5.74) is 1.06. The van der Waals surface area contributed by atoms with Gasteiger partial charge in [0, 0.05) is 16.8 Å². The van der Waals surface area contributed by atoms with Crippen LogP contribution in [0.25, 0.3) is 0 Å². The van der Waals surface area contributed by atoms with Crippen LogP contribution in [0.4, 0.5) is 9.39 Å². The highest BCUT2D eigenvalue weighted by molar-refractivity contribution is 7.16. The molecule has 162 valence electrons. The van der Waals surface area contributed by atoms with E-state index < -0.39 is 23.4 Å². The average Bonchev–Trinajstić information content (AvgIpc) is 2.93.